The standard InChI is InChI=1S/C21H20ClNO3/c1-4-10-26-21-19(22)12-15(13-20(21)25-5-2)11-17(14-23)16-6-8-18(24-3)9-7-16/h4,6-9,11-13H,1,5,10H2,2-3H3/b17-11+. The second-order valence-electron chi connectivity index (χ2n) is 5.26. The minimum absolute atomic E-state index is 0.324. The molecule has 0 aliphatic carbocycles. The van der Waals surface area contributed by atoms with Crippen LogP contribution in [0.3, 0.4) is 0 Å². The molecule has 0 atom stereocenters. The topological polar surface area (TPSA) is 51.5 Å². The molecule has 26 heavy (non-hydrogen) atoms. The lowest BCUT2D eigenvalue weighted by atomic mass is 10.0. The molecule has 2 aromatic rings. The molecule has 0 radical (unpaired) electrons. The smallest absolute Gasteiger partial charge is 0.180 e. The van der Waals surface area contributed by atoms with E-state index in [4.69, 9.17) is 25.8 Å². The number of halogens is 1. The maximum Gasteiger partial charge on any atom is 0.180 e. The highest BCUT2D eigenvalue weighted by atomic mass is 35.5. The molecule has 0 aromatic heterocycles. The highest BCUT2D eigenvalue weighted by Gasteiger charge is 2.12. The third kappa shape index (κ3) is 4.81. The molecule has 0 heterocycles. The molecule has 0 spiro atoms. The fraction of sp³-hybridized carbons (Fsp3) is 0.190. The Bertz CT molecular complexity index is 836. The molecule has 0 fully saturated rings. The minimum Gasteiger partial charge on any atom is -0.497 e. The van der Waals surface area contributed by atoms with Gasteiger partial charge in [-0.25, -0.2) is 0 Å². The molecule has 0 N–H and O–H groups in total. The van der Waals surface area contributed by atoms with Crippen molar-refractivity contribution in [2.24, 2.45) is 0 Å². The number of rotatable bonds is 8. The summed E-state index contributed by atoms with van der Waals surface area (Å²) >= 11 is 6.35. The third-order valence-corrected chi connectivity index (χ3v) is 3.79. The number of methoxy groups -OCH3 is 1. The first kappa shape index (κ1) is 19.4. The van der Waals surface area contributed by atoms with Gasteiger partial charge in [0.15, 0.2) is 11.5 Å². The van der Waals surface area contributed by atoms with Crippen molar-refractivity contribution >= 4 is 23.3 Å². The van der Waals surface area contributed by atoms with Gasteiger partial charge < -0.3 is 14.2 Å². The summed E-state index contributed by atoms with van der Waals surface area (Å²) in [5.74, 6) is 1.73. The first-order valence-corrected chi connectivity index (χ1v) is 8.47. The lowest BCUT2D eigenvalue weighted by Crippen LogP contribution is -2.00. The molecule has 0 saturated carbocycles. The molecule has 2 aromatic carbocycles. The average molecular weight is 370 g/mol. The van der Waals surface area contributed by atoms with Gasteiger partial charge in [0.2, 0.25) is 0 Å². The fourth-order valence-electron chi connectivity index (χ4n) is 2.33. The van der Waals surface area contributed by atoms with Crippen molar-refractivity contribution in [2.75, 3.05) is 20.3 Å². The summed E-state index contributed by atoms with van der Waals surface area (Å²) in [4.78, 5) is 0. The number of ether oxygens (including phenoxy) is 3. The molecule has 0 unspecified atom stereocenters. The Hall–Kier alpha value is -2.90. The maximum atomic E-state index is 9.53. The van der Waals surface area contributed by atoms with Crippen LogP contribution in [0.5, 0.6) is 17.2 Å². The Kier molecular flexibility index (Phi) is 7.13. The average Bonchev–Trinajstić information content (AvgIpc) is 2.66. The maximum absolute atomic E-state index is 9.53. The van der Waals surface area contributed by atoms with E-state index in [1.165, 1.54) is 0 Å². The van der Waals surface area contributed by atoms with Crippen LogP contribution in [0.1, 0.15) is 18.1 Å². The molecule has 134 valence electrons. The number of nitriles is 1. The van der Waals surface area contributed by atoms with E-state index in [9.17, 15) is 5.26 Å². The van der Waals surface area contributed by atoms with Crippen molar-refractivity contribution in [3.63, 3.8) is 0 Å². The Morgan fingerprint density at radius 3 is 2.54 bits per heavy atom. The van der Waals surface area contributed by atoms with Crippen LogP contribution in [-0.2, 0) is 0 Å². The van der Waals surface area contributed by atoms with Crippen molar-refractivity contribution in [3.8, 4) is 23.3 Å². The highest BCUT2D eigenvalue weighted by Crippen LogP contribution is 2.37. The number of allylic oxidation sites excluding steroid dienone is 1. The van der Waals surface area contributed by atoms with Gasteiger partial charge in [-0.1, -0.05) is 24.3 Å². The van der Waals surface area contributed by atoms with Gasteiger partial charge in [-0.3, -0.25) is 0 Å². The quantitative estimate of drug-likeness (QED) is 0.356. The van der Waals surface area contributed by atoms with E-state index in [2.05, 4.69) is 12.6 Å². The summed E-state index contributed by atoms with van der Waals surface area (Å²) in [5, 5.41) is 9.94. The molecule has 0 aliphatic heterocycles. The molecule has 4 nitrogen and oxygen atoms in total. The zero-order valence-electron chi connectivity index (χ0n) is 14.8. The molecule has 0 amide bonds. The van der Waals surface area contributed by atoms with Crippen LogP contribution in [0.15, 0.2) is 49.1 Å². The van der Waals surface area contributed by atoms with Gasteiger partial charge in [0.1, 0.15) is 12.4 Å². The summed E-state index contributed by atoms with van der Waals surface area (Å²) in [5.41, 5.74) is 2.04. The zero-order valence-corrected chi connectivity index (χ0v) is 15.5. The molecule has 2 rings (SSSR count). The fourth-order valence-corrected chi connectivity index (χ4v) is 2.61. The van der Waals surface area contributed by atoms with Crippen LogP contribution in [0.25, 0.3) is 11.6 Å². The highest BCUT2D eigenvalue weighted by molar-refractivity contribution is 6.32. The molecule has 0 aliphatic rings. The van der Waals surface area contributed by atoms with Crippen LogP contribution in [-0.4, -0.2) is 20.3 Å². The van der Waals surface area contributed by atoms with Crippen LogP contribution < -0.4 is 14.2 Å². The molecular weight excluding hydrogens is 350 g/mol. The zero-order chi connectivity index (χ0) is 18.9. The van der Waals surface area contributed by atoms with Gasteiger partial charge in [0, 0.05) is 0 Å². The lowest BCUT2D eigenvalue weighted by molar-refractivity contribution is 0.297. The molecule has 0 bridgehead atoms. The second kappa shape index (κ2) is 9.55. The summed E-state index contributed by atoms with van der Waals surface area (Å²) < 4.78 is 16.4. The number of nitrogens with zero attached hydrogens (tertiary/aromatic N) is 1. The molecule has 0 saturated heterocycles. The van der Waals surface area contributed by atoms with Gasteiger partial charge in [-0.2, -0.15) is 5.26 Å². The number of benzene rings is 2. The van der Waals surface area contributed by atoms with Gasteiger partial charge in [-0.15, -0.1) is 0 Å². The Morgan fingerprint density at radius 1 is 1.23 bits per heavy atom. The monoisotopic (exact) mass is 369 g/mol. The van der Waals surface area contributed by atoms with Gasteiger partial charge in [-0.05, 0) is 60.5 Å². The van der Waals surface area contributed by atoms with Crippen molar-refractivity contribution in [3.05, 3.63) is 65.2 Å². The Balaban J connectivity index is 2.43. The van der Waals surface area contributed by atoms with Crippen LogP contribution in [0, 0.1) is 11.3 Å². The van der Waals surface area contributed by atoms with Crippen molar-refractivity contribution in [1.82, 2.24) is 0 Å². The number of hydrogen-bond donors (Lipinski definition) is 0. The van der Waals surface area contributed by atoms with Gasteiger partial charge >= 0.3 is 0 Å². The first-order chi connectivity index (χ1) is 12.6. The van der Waals surface area contributed by atoms with E-state index < -0.39 is 0 Å². The van der Waals surface area contributed by atoms with Gasteiger partial charge in [0.05, 0.1) is 30.4 Å². The SMILES string of the molecule is C=CCOc1c(Cl)cc(/C=C(\C#N)c2ccc(OC)cc2)cc1OCC. The Morgan fingerprint density at radius 2 is 1.96 bits per heavy atom. The van der Waals surface area contributed by atoms with Crippen molar-refractivity contribution < 1.29 is 14.2 Å². The first-order valence-electron chi connectivity index (χ1n) is 8.09. The number of hydrogen-bond acceptors (Lipinski definition) is 4. The van der Waals surface area contributed by atoms with E-state index >= 15 is 0 Å². The lowest BCUT2D eigenvalue weighted by Gasteiger charge is -2.13. The Labute approximate surface area is 158 Å². The van der Waals surface area contributed by atoms with E-state index in [-0.39, 0.29) is 0 Å². The van der Waals surface area contributed by atoms with E-state index in [1.54, 1.807) is 31.4 Å². The summed E-state index contributed by atoms with van der Waals surface area (Å²) in [6, 6.07) is 13.0. The van der Waals surface area contributed by atoms with Crippen molar-refractivity contribution in [2.45, 2.75) is 6.92 Å². The van der Waals surface area contributed by atoms with E-state index in [1.807, 2.05) is 31.2 Å². The minimum atomic E-state index is 0.324. The third-order valence-electron chi connectivity index (χ3n) is 3.51. The predicted molar refractivity (Wildman–Crippen MR) is 105 cm³/mol. The van der Waals surface area contributed by atoms with E-state index in [0.29, 0.717) is 35.3 Å². The molecular formula is C21H20ClNO3. The second-order valence-corrected chi connectivity index (χ2v) is 5.67. The van der Waals surface area contributed by atoms with Crippen molar-refractivity contribution in [1.29, 1.82) is 5.26 Å². The summed E-state index contributed by atoms with van der Waals surface area (Å²) in [7, 11) is 1.60. The molecule has 5 heteroatoms. The summed E-state index contributed by atoms with van der Waals surface area (Å²) in [6.45, 7) is 6.31. The van der Waals surface area contributed by atoms with Crippen LogP contribution in [0.2, 0.25) is 5.02 Å². The van der Waals surface area contributed by atoms with E-state index in [0.717, 1.165) is 16.9 Å². The van der Waals surface area contributed by atoms with Crippen LogP contribution >= 0.6 is 11.6 Å². The normalized spacial score (nSPS) is 10.8. The predicted octanol–water partition coefficient (Wildman–Crippen LogP) is 5.38. The summed E-state index contributed by atoms with van der Waals surface area (Å²) in [6.07, 6.45) is 3.39. The van der Waals surface area contributed by atoms with Crippen LogP contribution in [0.4, 0.5) is 0 Å². The largest absolute Gasteiger partial charge is 0.497 e. The van der Waals surface area contributed by atoms with Gasteiger partial charge in [0.25, 0.3) is 0 Å².